The van der Waals surface area contributed by atoms with Crippen LogP contribution in [0.5, 0.6) is 0 Å². The number of piperidine rings is 1. The van der Waals surface area contributed by atoms with Crippen molar-refractivity contribution in [2.45, 2.75) is 51.7 Å². The summed E-state index contributed by atoms with van der Waals surface area (Å²) in [7, 11) is 0. The summed E-state index contributed by atoms with van der Waals surface area (Å²) in [6, 6.07) is 3.66. The second-order valence-electron chi connectivity index (χ2n) is 6.51. The third-order valence-electron chi connectivity index (χ3n) is 3.50. The van der Waals surface area contributed by atoms with E-state index in [2.05, 4.69) is 5.32 Å². The monoisotopic (exact) mass is 324 g/mol. The highest BCUT2D eigenvalue weighted by Gasteiger charge is 2.30. The van der Waals surface area contributed by atoms with Crippen molar-refractivity contribution in [1.82, 2.24) is 10.2 Å². The SMILES string of the molecule is CC(C)(C)OC(=O)N1CCCC[C@@H]1CNC(=O)c1cccs1. The highest BCUT2D eigenvalue weighted by molar-refractivity contribution is 7.12. The molecular formula is C16H24N2O3S. The first-order chi connectivity index (χ1) is 10.4. The number of thiophene rings is 1. The van der Waals surface area contributed by atoms with Crippen molar-refractivity contribution in [3.05, 3.63) is 22.4 Å². The Labute approximate surface area is 135 Å². The standard InChI is InChI=1S/C16H24N2O3S/c1-16(2,3)21-15(20)18-9-5-4-7-12(18)11-17-14(19)13-8-6-10-22-13/h6,8,10,12H,4-5,7,9,11H2,1-3H3,(H,17,19)/t12-/m1/s1. The molecule has 0 unspecified atom stereocenters. The molecule has 2 rings (SSSR count). The van der Waals surface area contributed by atoms with E-state index in [1.54, 1.807) is 11.0 Å². The summed E-state index contributed by atoms with van der Waals surface area (Å²) in [5.74, 6) is -0.0790. The van der Waals surface area contributed by atoms with Crippen LogP contribution in [0.15, 0.2) is 17.5 Å². The van der Waals surface area contributed by atoms with Gasteiger partial charge in [0.25, 0.3) is 5.91 Å². The first kappa shape index (κ1) is 16.8. The van der Waals surface area contributed by atoms with Crippen LogP contribution < -0.4 is 5.32 Å². The predicted molar refractivity (Wildman–Crippen MR) is 87.2 cm³/mol. The zero-order valence-corrected chi connectivity index (χ0v) is 14.2. The van der Waals surface area contributed by atoms with Gasteiger partial charge in [-0.2, -0.15) is 0 Å². The Morgan fingerprint density at radius 1 is 1.41 bits per heavy atom. The number of carbonyl (C=O) groups excluding carboxylic acids is 2. The Balaban J connectivity index is 1.92. The van der Waals surface area contributed by atoms with E-state index in [4.69, 9.17) is 4.74 Å². The molecule has 0 saturated carbocycles. The van der Waals surface area contributed by atoms with E-state index in [0.717, 1.165) is 19.3 Å². The maximum absolute atomic E-state index is 12.3. The molecule has 0 aliphatic carbocycles. The van der Waals surface area contributed by atoms with Crippen molar-refractivity contribution in [2.24, 2.45) is 0 Å². The van der Waals surface area contributed by atoms with Crippen molar-refractivity contribution in [3.8, 4) is 0 Å². The van der Waals surface area contributed by atoms with E-state index < -0.39 is 5.60 Å². The molecule has 1 aromatic heterocycles. The van der Waals surface area contributed by atoms with Crippen LogP contribution in [-0.4, -0.2) is 41.6 Å². The summed E-state index contributed by atoms with van der Waals surface area (Å²) in [5.41, 5.74) is -0.501. The number of amides is 2. The van der Waals surface area contributed by atoms with Crippen molar-refractivity contribution in [3.63, 3.8) is 0 Å². The van der Waals surface area contributed by atoms with Gasteiger partial charge in [-0.05, 0) is 51.5 Å². The lowest BCUT2D eigenvalue weighted by Gasteiger charge is -2.36. The summed E-state index contributed by atoms with van der Waals surface area (Å²) >= 11 is 1.42. The Bertz CT molecular complexity index is 508. The Morgan fingerprint density at radius 2 is 2.18 bits per heavy atom. The van der Waals surface area contributed by atoms with E-state index in [1.165, 1.54) is 11.3 Å². The molecule has 1 fully saturated rings. The highest BCUT2D eigenvalue weighted by atomic mass is 32.1. The molecule has 1 atom stereocenters. The van der Waals surface area contributed by atoms with Crippen LogP contribution in [0.3, 0.4) is 0 Å². The third-order valence-corrected chi connectivity index (χ3v) is 4.37. The molecule has 0 radical (unpaired) electrons. The average Bonchev–Trinajstić information content (AvgIpc) is 2.97. The smallest absolute Gasteiger partial charge is 0.410 e. The number of rotatable bonds is 3. The van der Waals surface area contributed by atoms with Gasteiger partial charge in [-0.15, -0.1) is 11.3 Å². The van der Waals surface area contributed by atoms with Gasteiger partial charge in [0.2, 0.25) is 0 Å². The molecule has 1 aromatic rings. The molecule has 2 heterocycles. The van der Waals surface area contributed by atoms with Gasteiger partial charge in [0.15, 0.2) is 0 Å². The molecule has 1 aliphatic rings. The quantitative estimate of drug-likeness (QED) is 0.928. The molecule has 1 aliphatic heterocycles. The van der Waals surface area contributed by atoms with Crippen LogP contribution in [0.4, 0.5) is 4.79 Å². The maximum atomic E-state index is 12.3. The van der Waals surface area contributed by atoms with E-state index in [-0.39, 0.29) is 18.0 Å². The van der Waals surface area contributed by atoms with E-state index in [0.29, 0.717) is 18.0 Å². The lowest BCUT2D eigenvalue weighted by atomic mass is 10.0. The molecule has 122 valence electrons. The van der Waals surface area contributed by atoms with Crippen LogP contribution in [-0.2, 0) is 4.74 Å². The summed E-state index contributed by atoms with van der Waals surface area (Å²) in [6.07, 6.45) is 2.65. The summed E-state index contributed by atoms with van der Waals surface area (Å²) in [4.78, 5) is 26.8. The molecule has 2 amide bonds. The second-order valence-corrected chi connectivity index (χ2v) is 7.46. The number of likely N-dealkylation sites (tertiary alicyclic amines) is 1. The van der Waals surface area contributed by atoms with E-state index in [9.17, 15) is 9.59 Å². The highest BCUT2D eigenvalue weighted by Crippen LogP contribution is 2.20. The van der Waals surface area contributed by atoms with Crippen LogP contribution in [0.25, 0.3) is 0 Å². The zero-order valence-electron chi connectivity index (χ0n) is 13.4. The lowest BCUT2D eigenvalue weighted by molar-refractivity contribution is 0.00987. The van der Waals surface area contributed by atoms with E-state index in [1.807, 2.05) is 32.2 Å². The second kappa shape index (κ2) is 7.13. The number of nitrogens with zero attached hydrogens (tertiary/aromatic N) is 1. The zero-order chi connectivity index (χ0) is 16.2. The van der Waals surface area contributed by atoms with Crippen LogP contribution >= 0.6 is 11.3 Å². The molecule has 22 heavy (non-hydrogen) atoms. The third kappa shape index (κ3) is 4.73. The van der Waals surface area contributed by atoms with Gasteiger partial charge < -0.3 is 15.0 Å². The van der Waals surface area contributed by atoms with Crippen molar-refractivity contribution < 1.29 is 14.3 Å². The Kier molecular flexibility index (Phi) is 5.45. The molecule has 5 nitrogen and oxygen atoms in total. The fourth-order valence-corrected chi connectivity index (χ4v) is 3.12. The molecular weight excluding hydrogens is 300 g/mol. The van der Waals surface area contributed by atoms with Gasteiger partial charge in [-0.3, -0.25) is 4.79 Å². The first-order valence-corrected chi connectivity index (χ1v) is 8.56. The Morgan fingerprint density at radius 3 is 2.82 bits per heavy atom. The van der Waals surface area contributed by atoms with Gasteiger partial charge in [0.1, 0.15) is 5.60 Å². The van der Waals surface area contributed by atoms with Crippen molar-refractivity contribution in [1.29, 1.82) is 0 Å². The molecule has 1 N–H and O–H groups in total. The molecule has 6 heteroatoms. The lowest BCUT2D eigenvalue weighted by Crippen LogP contribution is -2.50. The minimum absolute atomic E-state index is 0.00696. The number of carbonyl (C=O) groups is 2. The van der Waals surface area contributed by atoms with Gasteiger partial charge >= 0.3 is 6.09 Å². The number of hydrogen-bond donors (Lipinski definition) is 1. The summed E-state index contributed by atoms with van der Waals surface area (Å²) in [5, 5.41) is 4.80. The molecule has 0 aromatic carbocycles. The van der Waals surface area contributed by atoms with E-state index >= 15 is 0 Å². The van der Waals surface area contributed by atoms with Crippen LogP contribution in [0, 0.1) is 0 Å². The van der Waals surface area contributed by atoms with Gasteiger partial charge in [0, 0.05) is 13.1 Å². The number of hydrogen-bond acceptors (Lipinski definition) is 4. The predicted octanol–water partition coefficient (Wildman–Crippen LogP) is 3.27. The van der Waals surface area contributed by atoms with Crippen molar-refractivity contribution >= 4 is 23.3 Å². The first-order valence-electron chi connectivity index (χ1n) is 7.68. The van der Waals surface area contributed by atoms with Gasteiger partial charge in [0.05, 0.1) is 10.9 Å². The average molecular weight is 324 g/mol. The van der Waals surface area contributed by atoms with Crippen LogP contribution in [0.2, 0.25) is 0 Å². The molecule has 0 bridgehead atoms. The number of nitrogens with one attached hydrogen (secondary N) is 1. The molecule has 1 saturated heterocycles. The largest absolute Gasteiger partial charge is 0.444 e. The molecule has 0 spiro atoms. The minimum atomic E-state index is -0.501. The fraction of sp³-hybridized carbons (Fsp3) is 0.625. The topological polar surface area (TPSA) is 58.6 Å². The van der Waals surface area contributed by atoms with Gasteiger partial charge in [-0.25, -0.2) is 4.79 Å². The summed E-state index contributed by atoms with van der Waals surface area (Å²) < 4.78 is 5.46. The fourth-order valence-electron chi connectivity index (χ4n) is 2.48. The number of ether oxygens (including phenoxy) is 1. The summed E-state index contributed by atoms with van der Waals surface area (Å²) in [6.45, 7) is 6.75. The van der Waals surface area contributed by atoms with Crippen molar-refractivity contribution in [2.75, 3.05) is 13.1 Å². The van der Waals surface area contributed by atoms with Gasteiger partial charge in [-0.1, -0.05) is 6.07 Å². The van der Waals surface area contributed by atoms with Crippen LogP contribution in [0.1, 0.15) is 49.7 Å². The normalized spacial score (nSPS) is 18.9. The Hall–Kier alpha value is -1.56. The minimum Gasteiger partial charge on any atom is -0.444 e. The maximum Gasteiger partial charge on any atom is 0.410 e.